The molecule has 1 fully saturated rings. The lowest BCUT2D eigenvalue weighted by molar-refractivity contribution is 0.0908. The van der Waals surface area contributed by atoms with Gasteiger partial charge in [-0.3, -0.25) is 0 Å². The molecule has 0 radical (unpaired) electrons. The van der Waals surface area contributed by atoms with E-state index in [1.807, 2.05) is 0 Å². The molecule has 2 atom stereocenters. The first-order valence-corrected chi connectivity index (χ1v) is 6.17. The molecule has 2 unspecified atom stereocenters. The van der Waals surface area contributed by atoms with E-state index in [-0.39, 0.29) is 12.0 Å². The Balaban J connectivity index is 2.05. The van der Waals surface area contributed by atoms with Gasteiger partial charge in [0.2, 0.25) is 5.89 Å². The van der Waals surface area contributed by atoms with E-state index in [1.165, 1.54) is 0 Å². The zero-order valence-corrected chi connectivity index (χ0v) is 10.0. The molecule has 1 N–H and O–H groups in total. The van der Waals surface area contributed by atoms with E-state index in [0.717, 1.165) is 37.9 Å². The van der Waals surface area contributed by atoms with Crippen molar-refractivity contribution in [2.75, 3.05) is 0 Å². The molecule has 0 spiro atoms. The fraction of sp³-hybridized carbons (Fsp3) is 0.833. The van der Waals surface area contributed by atoms with E-state index >= 15 is 0 Å². The standard InChI is InChI=1S/C12H20N2O2/c1-8(2)7-11-13-12(16-14-11)9-5-3-4-6-10(9)15/h8-10,15H,3-7H2,1-2H3. The van der Waals surface area contributed by atoms with Gasteiger partial charge in [-0.05, 0) is 18.8 Å². The van der Waals surface area contributed by atoms with E-state index < -0.39 is 0 Å². The summed E-state index contributed by atoms with van der Waals surface area (Å²) in [7, 11) is 0. The summed E-state index contributed by atoms with van der Waals surface area (Å²) in [5.41, 5.74) is 0. The lowest BCUT2D eigenvalue weighted by atomic mass is 9.86. The SMILES string of the molecule is CC(C)Cc1noc(C2CCCCC2O)n1. The van der Waals surface area contributed by atoms with Crippen molar-refractivity contribution in [3.05, 3.63) is 11.7 Å². The van der Waals surface area contributed by atoms with Crippen LogP contribution in [0.25, 0.3) is 0 Å². The van der Waals surface area contributed by atoms with E-state index in [9.17, 15) is 5.11 Å². The molecular weight excluding hydrogens is 204 g/mol. The average Bonchev–Trinajstić information content (AvgIpc) is 2.66. The molecular formula is C12H20N2O2. The highest BCUT2D eigenvalue weighted by molar-refractivity contribution is 4.99. The smallest absolute Gasteiger partial charge is 0.232 e. The van der Waals surface area contributed by atoms with Crippen LogP contribution < -0.4 is 0 Å². The van der Waals surface area contributed by atoms with Gasteiger partial charge in [-0.15, -0.1) is 0 Å². The van der Waals surface area contributed by atoms with Crippen molar-refractivity contribution in [1.82, 2.24) is 10.1 Å². The van der Waals surface area contributed by atoms with Crippen LogP contribution in [0.3, 0.4) is 0 Å². The predicted molar refractivity (Wildman–Crippen MR) is 60.1 cm³/mol. The van der Waals surface area contributed by atoms with Crippen molar-refractivity contribution in [2.24, 2.45) is 5.92 Å². The summed E-state index contributed by atoms with van der Waals surface area (Å²) in [5.74, 6) is 1.98. The van der Waals surface area contributed by atoms with Gasteiger partial charge in [0.05, 0.1) is 12.0 Å². The Morgan fingerprint density at radius 2 is 2.12 bits per heavy atom. The summed E-state index contributed by atoms with van der Waals surface area (Å²) in [4.78, 5) is 4.39. The third-order valence-corrected chi connectivity index (χ3v) is 3.12. The second kappa shape index (κ2) is 4.95. The molecule has 90 valence electrons. The number of aromatic nitrogens is 2. The van der Waals surface area contributed by atoms with E-state index in [2.05, 4.69) is 24.0 Å². The molecule has 2 rings (SSSR count). The largest absolute Gasteiger partial charge is 0.392 e. The molecule has 1 aliphatic rings. The first-order chi connectivity index (χ1) is 7.66. The molecule has 1 aromatic heterocycles. The van der Waals surface area contributed by atoms with Gasteiger partial charge in [0.25, 0.3) is 0 Å². The first-order valence-electron chi connectivity index (χ1n) is 6.17. The molecule has 4 nitrogen and oxygen atoms in total. The summed E-state index contributed by atoms with van der Waals surface area (Å²) in [5, 5.41) is 13.9. The number of nitrogens with zero attached hydrogens (tertiary/aromatic N) is 2. The Hall–Kier alpha value is -0.900. The molecule has 1 heterocycles. The van der Waals surface area contributed by atoms with Crippen LogP contribution in [0.15, 0.2) is 4.52 Å². The molecule has 0 aromatic carbocycles. The summed E-state index contributed by atoms with van der Waals surface area (Å²) < 4.78 is 5.25. The summed E-state index contributed by atoms with van der Waals surface area (Å²) in [6, 6.07) is 0. The summed E-state index contributed by atoms with van der Waals surface area (Å²) in [6.07, 6.45) is 4.60. The van der Waals surface area contributed by atoms with Crippen LogP contribution in [-0.4, -0.2) is 21.4 Å². The minimum absolute atomic E-state index is 0.0576. The molecule has 1 saturated carbocycles. The summed E-state index contributed by atoms with van der Waals surface area (Å²) in [6.45, 7) is 4.26. The molecule has 16 heavy (non-hydrogen) atoms. The maximum atomic E-state index is 9.89. The summed E-state index contributed by atoms with van der Waals surface area (Å²) >= 11 is 0. The molecule has 4 heteroatoms. The van der Waals surface area contributed by atoms with Gasteiger partial charge in [-0.1, -0.05) is 31.8 Å². The van der Waals surface area contributed by atoms with Crippen LogP contribution in [0.1, 0.15) is 57.2 Å². The van der Waals surface area contributed by atoms with Gasteiger partial charge in [-0.25, -0.2) is 0 Å². The van der Waals surface area contributed by atoms with Crippen molar-refractivity contribution in [2.45, 2.75) is 58.0 Å². The van der Waals surface area contributed by atoms with Crippen molar-refractivity contribution >= 4 is 0 Å². The van der Waals surface area contributed by atoms with Gasteiger partial charge in [-0.2, -0.15) is 4.98 Å². The zero-order valence-electron chi connectivity index (χ0n) is 10.0. The Labute approximate surface area is 96.1 Å². The predicted octanol–water partition coefficient (Wildman–Crippen LogP) is 2.29. The number of rotatable bonds is 3. The molecule has 1 aliphatic carbocycles. The van der Waals surface area contributed by atoms with Gasteiger partial charge in [0.1, 0.15) is 0 Å². The van der Waals surface area contributed by atoms with Crippen LogP contribution >= 0.6 is 0 Å². The number of aliphatic hydroxyl groups is 1. The Kier molecular flexibility index (Phi) is 3.59. The van der Waals surface area contributed by atoms with E-state index in [4.69, 9.17) is 4.52 Å². The fourth-order valence-electron chi connectivity index (χ4n) is 2.27. The van der Waals surface area contributed by atoms with E-state index in [0.29, 0.717) is 11.8 Å². The maximum absolute atomic E-state index is 9.89. The third-order valence-electron chi connectivity index (χ3n) is 3.12. The van der Waals surface area contributed by atoms with Crippen LogP contribution in [-0.2, 0) is 6.42 Å². The van der Waals surface area contributed by atoms with Crippen molar-refractivity contribution < 1.29 is 9.63 Å². The van der Waals surface area contributed by atoms with Gasteiger partial charge >= 0.3 is 0 Å². The Morgan fingerprint density at radius 1 is 1.38 bits per heavy atom. The van der Waals surface area contributed by atoms with Crippen LogP contribution in [0.4, 0.5) is 0 Å². The van der Waals surface area contributed by atoms with Crippen molar-refractivity contribution in [1.29, 1.82) is 0 Å². The molecule has 0 saturated heterocycles. The number of hydrogen-bond acceptors (Lipinski definition) is 4. The molecule has 0 bridgehead atoms. The van der Waals surface area contributed by atoms with Crippen LogP contribution in [0.5, 0.6) is 0 Å². The van der Waals surface area contributed by atoms with Crippen molar-refractivity contribution in [3.8, 4) is 0 Å². The van der Waals surface area contributed by atoms with Gasteiger partial charge in [0.15, 0.2) is 5.82 Å². The number of aliphatic hydroxyl groups excluding tert-OH is 1. The Bertz CT molecular complexity index is 336. The minimum atomic E-state index is -0.305. The first kappa shape index (κ1) is 11.6. The lowest BCUT2D eigenvalue weighted by Gasteiger charge is -2.24. The molecule has 0 aliphatic heterocycles. The highest BCUT2D eigenvalue weighted by atomic mass is 16.5. The lowest BCUT2D eigenvalue weighted by Crippen LogP contribution is -2.22. The van der Waals surface area contributed by atoms with Crippen molar-refractivity contribution in [3.63, 3.8) is 0 Å². The highest BCUT2D eigenvalue weighted by Gasteiger charge is 2.29. The topological polar surface area (TPSA) is 59.2 Å². The molecule has 0 amide bonds. The van der Waals surface area contributed by atoms with E-state index in [1.54, 1.807) is 0 Å². The second-order valence-electron chi connectivity index (χ2n) is 5.11. The maximum Gasteiger partial charge on any atom is 0.232 e. The van der Waals surface area contributed by atoms with Crippen LogP contribution in [0.2, 0.25) is 0 Å². The normalized spacial score (nSPS) is 26.2. The second-order valence-corrected chi connectivity index (χ2v) is 5.11. The molecule has 1 aromatic rings. The quantitative estimate of drug-likeness (QED) is 0.855. The monoisotopic (exact) mass is 224 g/mol. The Morgan fingerprint density at radius 3 is 2.81 bits per heavy atom. The van der Waals surface area contributed by atoms with Crippen LogP contribution in [0, 0.1) is 5.92 Å². The van der Waals surface area contributed by atoms with Gasteiger partial charge in [0, 0.05) is 6.42 Å². The fourth-order valence-corrected chi connectivity index (χ4v) is 2.27. The number of hydrogen-bond donors (Lipinski definition) is 1. The highest BCUT2D eigenvalue weighted by Crippen LogP contribution is 2.32. The van der Waals surface area contributed by atoms with Gasteiger partial charge < -0.3 is 9.63 Å². The average molecular weight is 224 g/mol. The zero-order chi connectivity index (χ0) is 11.5. The third kappa shape index (κ3) is 2.61. The minimum Gasteiger partial charge on any atom is -0.392 e.